The lowest BCUT2D eigenvalue weighted by molar-refractivity contribution is 0.386. The summed E-state index contributed by atoms with van der Waals surface area (Å²) in [5.74, 6) is 1.31. The number of rotatable bonds is 0. The Balaban J connectivity index is 2.12. The molecule has 11 heavy (non-hydrogen) atoms. The van der Waals surface area contributed by atoms with Crippen LogP contribution < -0.4 is 5.32 Å². The average molecular weight is 148 g/mol. The molecule has 2 heteroatoms. The quantitative estimate of drug-likeness (QED) is 0.521. The smallest absolute Gasteiger partial charge is 0.0987 e. The number of fused-ring (bicyclic) bond motifs is 1. The lowest BCUT2D eigenvalue weighted by Crippen LogP contribution is -2.25. The largest absolute Gasteiger partial charge is 0.301 e. The third kappa shape index (κ3) is 1.06. The second-order valence-corrected chi connectivity index (χ2v) is 3.38. The lowest BCUT2D eigenvalue weighted by atomic mass is 9.82. The zero-order valence-corrected chi connectivity index (χ0v) is 6.46. The van der Waals surface area contributed by atoms with Crippen molar-refractivity contribution in [2.24, 2.45) is 11.8 Å². The van der Waals surface area contributed by atoms with E-state index in [1.54, 1.807) is 0 Å². The van der Waals surface area contributed by atoms with Crippen molar-refractivity contribution in [3.63, 3.8) is 0 Å². The maximum atomic E-state index is 8.77. The van der Waals surface area contributed by atoms with E-state index in [4.69, 9.17) is 5.26 Å². The van der Waals surface area contributed by atoms with Crippen molar-refractivity contribution in [3.05, 3.63) is 12.2 Å². The van der Waals surface area contributed by atoms with E-state index in [0.29, 0.717) is 5.92 Å². The summed E-state index contributed by atoms with van der Waals surface area (Å²) in [5, 5.41) is 12.0. The van der Waals surface area contributed by atoms with Crippen molar-refractivity contribution in [1.82, 2.24) is 5.32 Å². The molecular formula is C9H12N2. The second kappa shape index (κ2) is 2.67. The number of allylic oxidation sites excluding steroid dienone is 2. The lowest BCUT2D eigenvalue weighted by Gasteiger charge is -2.20. The van der Waals surface area contributed by atoms with Gasteiger partial charge in [0.15, 0.2) is 0 Å². The number of nitriles is 1. The molecule has 3 unspecified atom stereocenters. The summed E-state index contributed by atoms with van der Waals surface area (Å²) in [6, 6.07) is 2.43. The van der Waals surface area contributed by atoms with Gasteiger partial charge in [-0.2, -0.15) is 5.26 Å². The Bertz CT molecular complexity index is 214. The Hall–Kier alpha value is -0.810. The monoisotopic (exact) mass is 148 g/mol. The molecule has 2 rings (SSSR count). The molecule has 1 heterocycles. The van der Waals surface area contributed by atoms with Crippen molar-refractivity contribution >= 4 is 0 Å². The molecule has 2 aliphatic rings. The molecule has 3 atom stereocenters. The van der Waals surface area contributed by atoms with Crippen LogP contribution in [0.4, 0.5) is 0 Å². The van der Waals surface area contributed by atoms with Gasteiger partial charge in [0.2, 0.25) is 0 Å². The fraction of sp³-hybridized carbons (Fsp3) is 0.667. The Morgan fingerprint density at radius 1 is 1.36 bits per heavy atom. The van der Waals surface area contributed by atoms with E-state index in [2.05, 4.69) is 23.5 Å². The topological polar surface area (TPSA) is 35.8 Å². The third-order valence-electron chi connectivity index (χ3n) is 2.79. The van der Waals surface area contributed by atoms with Gasteiger partial charge in [-0.05, 0) is 31.2 Å². The molecular weight excluding hydrogens is 136 g/mol. The molecule has 0 aromatic carbocycles. The first-order valence-corrected chi connectivity index (χ1v) is 4.20. The molecule has 0 bridgehead atoms. The van der Waals surface area contributed by atoms with Gasteiger partial charge in [-0.25, -0.2) is 0 Å². The Labute approximate surface area is 66.9 Å². The van der Waals surface area contributed by atoms with E-state index in [1.807, 2.05) is 0 Å². The zero-order valence-electron chi connectivity index (χ0n) is 6.46. The van der Waals surface area contributed by atoms with Gasteiger partial charge in [0.05, 0.1) is 12.1 Å². The first kappa shape index (κ1) is 6.87. The van der Waals surface area contributed by atoms with Crippen LogP contribution in [-0.4, -0.2) is 12.6 Å². The highest BCUT2D eigenvalue weighted by atomic mass is 15.0. The Kier molecular flexibility index (Phi) is 1.67. The van der Waals surface area contributed by atoms with Gasteiger partial charge in [-0.1, -0.05) is 12.2 Å². The van der Waals surface area contributed by atoms with Crippen molar-refractivity contribution in [2.75, 3.05) is 6.54 Å². The molecule has 2 nitrogen and oxygen atoms in total. The molecule has 0 aromatic rings. The summed E-state index contributed by atoms with van der Waals surface area (Å²) in [4.78, 5) is 0. The molecule has 0 radical (unpaired) electrons. The number of hydrogen-bond acceptors (Lipinski definition) is 2. The van der Waals surface area contributed by atoms with Gasteiger partial charge in [0.1, 0.15) is 0 Å². The molecule has 58 valence electrons. The molecule has 0 spiro atoms. The summed E-state index contributed by atoms with van der Waals surface area (Å²) in [5.41, 5.74) is 0. The molecule has 1 saturated heterocycles. The van der Waals surface area contributed by atoms with E-state index in [9.17, 15) is 0 Å². The molecule has 1 aliphatic heterocycles. The van der Waals surface area contributed by atoms with Crippen LogP contribution in [0.3, 0.4) is 0 Å². The van der Waals surface area contributed by atoms with Crippen LogP contribution in [0.15, 0.2) is 12.2 Å². The molecule has 0 saturated carbocycles. The number of nitrogens with one attached hydrogen (secondary N) is 1. The Morgan fingerprint density at radius 2 is 2.18 bits per heavy atom. The van der Waals surface area contributed by atoms with Crippen molar-refractivity contribution in [2.45, 2.75) is 18.9 Å². The van der Waals surface area contributed by atoms with Crippen LogP contribution in [0, 0.1) is 23.2 Å². The van der Waals surface area contributed by atoms with Crippen LogP contribution in [0.1, 0.15) is 12.8 Å². The average Bonchev–Trinajstić information content (AvgIpc) is 2.47. The summed E-state index contributed by atoms with van der Waals surface area (Å²) < 4.78 is 0. The molecule has 1 aliphatic carbocycles. The minimum atomic E-state index is 0.116. The fourth-order valence-corrected chi connectivity index (χ4v) is 2.11. The van der Waals surface area contributed by atoms with Crippen LogP contribution in [0.2, 0.25) is 0 Å². The maximum absolute atomic E-state index is 8.77. The van der Waals surface area contributed by atoms with Crippen LogP contribution in [0.5, 0.6) is 0 Å². The SMILES string of the molecule is N#CC1NCC2CC=CCC21. The van der Waals surface area contributed by atoms with Crippen molar-refractivity contribution < 1.29 is 0 Å². The zero-order chi connectivity index (χ0) is 7.68. The summed E-state index contributed by atoms with van der Waals surface area (Å²) >= 11 is 0. The van der Waals surface area contributed by atoms with Gasteiger partial charge >= 0.3 is 0 Å². The number of nitrogens with zero attached hydrogens (tertiary/aromatic N) is 1. The van der Waals surface area contributed by atoms with E-state index < -0.39 is 0 Å². The number of hydrogen-bond donors (Lipinski definition) is 1. The maximum Gasteiger partial charge on any atom is 0.0987 e. The highest BCUT2D eigenvalue weighted by Crippen LogP contribution is 2.31. The summed E-state index contributed by atoms with van der Waals surface area (Å²) in [6.45, 7) is 1.03. The van der Waals surface area contributed by atoms with E-state index >= 15 is 0 Å². The molecule has 1 N–H and O–H groups in total. The first-order chi connectivity index (χ1) is 5.42. The van der Waals surface area contributed by atoms with Crippen molar-refractivity contribution in [1.29, 1.82) is 5.26 Å². The first-order valence-electron chi connectivity index (χ1n) is 4.20. The summed E-state index contributed by atoms with van der Waals surface area (Å²) in [6.07, 6.45) is 6.70. The van der Waals surface area contributed by atoms with E-state index in [1.165, 1.54) is 0 Å². The van der Waals surface area contributed by atoms with Gasteiger partial charge in [-0.15, -0.1) is 0 Å². The van der Waals surface area contributed by atoms with E-state index in [-0.39, 0.29) is 6.04 Å². The van der Waals surface area contributed by atoms with Crippen LogP contribution in [0.25, 0.3) is 0 Å². The minimum Gasteiger partial charge on any atom is -0.301 e. The second-order valence-electron chi connectivity index (χ2n) is 3.38. The van der Waals surface area contributed by atoms with E-state index in [0.717, 1.165) is 25.3 Å². The normalized spacial score (nSPS) is 41.5. The summed E-state index contributed by atoms with van der Waals surface area (Å²) in [7, 11) is 0. The fourth-order valence-electron chi connectivity index (χ4n) is 2.11. The molecule has 1 fully saturated rings. The minimum absolute atomic E-state index is 0.116. The Morgan fingerprint density at radius 3 is 3.00 bits per heavy atom. The third-order valence-corrected chi connectivity index (χ3v) is 2.79. The van der Waals surface area contributed by atoms with Crippen LogP contribution >= 0.6 is 0 Å². The van der Waals surface area contributed by atoms with Gasteiger partial charge in [0, 0.05) is 0 Å². The van der Waals surface area contributed by atoms with Crippen molar-refractivity contribution in [3.8, 4) is 6.07 Å². The predicted octanol–water partition coefficient (Wildman–Crippen LogP) is 1.06. The van der Waals surface area contributed by atoms with Crippen LogP contribution in [-0.2, 0) is 0 Å². The standard InChI is InChI=1S/C9H12N2/c10-5-9-8-4-2-1-3-7(8)6-11-9/h1-2,7-9,11H,3-4,6H2. The van der Waals surface area contributed by atoms with Gasteiger partial charge < -0.3 is 5.32 Å². The molecule has 0 amide bonds. The molecule has 0 aromatic heterocycles. The highest BCUT2D eigenvalue weighted by Gasteiger charge is 2.35. The predicted molar refractivity (Wildman–Crippen MR) is 42.8 cm³/mol. The highest BCUT2D eigenvalue weighted by molar-refractivity contribution is 5.09. The van der Waals surface area contributed by atoms with Gasteiger partial charge in [0.25, 0.3) is 0 Å². The van der Waals surface area contributed by atoms with Gasteiger partial charge in [-0.3, -0.25) is 0 Å².